The Morgan fingerprint density at radius 1 is 0.838 bits per heavy atom. The van der Waals surface area contributed by atoms with Gasteiger partial charge >= 0.3 is 11.9 Å². The molecule has 2 amide bonds. The van der Waals surface area contributed by atoms with Crippen molar-refractivity contribution in [3.8, 4) is 0 Å². The fraction of sp³-hybridized carbons (Fsp3) is 0.444. The van der Waals surface area contributed by atoms with Crippen LogP contribution in [0.2, 0.25) is 0 Å². The predicted molar refractivity (Wildman–Crippen MR) is 139 cm³/mol. The van der Waals surface area contributed by atoms with E-state index in [2.05, 4.69) is 5.32 Å². The highest BCUT2D eigenvalue weighted by atomic mass is 16.4. The summed E-state index contributed by atoms with van der Waals surface area (Å²) in [6.07, 6.45) is 11.1. The number of rotatable bonds is 18. The summed E-state index contributed by atoms with van der Waals surface area (Å²) in [6, 6.07) is 8.96. The van der Waals surface area contributed by atoms with Crippen molar-refractivity contribution in [1.29, 1.82) is 0 Å². The molecule has 10 nitrogen and oxygen atoms in total. The molecule has 3 N–H and O–H groups in total. The fourth-order valence-electron chi connectivity index (χ4n) is 4.01. The lowest BCUT2D eigenvalue weighted by atomic mass is 10.1. The van der Waals surface area contributed by atoms with Gasteiger partial charge in [-0.3, -0.25) is 19.2 Å². The fourth-order valence-corrected chi connectivity index (χ4v) is 4.01. The minimum Gasteiger partial charge on any atom is -0.480 e. The molecule has 1 aromatic carbocycles. The summed E-state index contributed by atoms with van der Waals surface area (Å²) in [5.74, 6) is -2.61. The van der Waals surface area contributed by atoms with Crippen molar-refractivity contribution in [2.75, 3.05) is 18.0 Å². The number of carbonyl (C=O) groups excluding carboxylic acids is 2. The molecule has 0 fully saturated rings. The van der Waals surface area contributed by atoms with Crippen molar-refractivity contribution in [3.63, 3.8) is 0 Å². The first-order chi connectivity index (χ1) is 17.8. The zero-order valence-corrected chi connectivity index (χ0v) is 20.9. The Hall–Kier alpha value is -3.95. The smallest absolute Gasteiger partial charge is 0.336 e. The Balaban J connectivity index is 1.53. The van der Waals surface area contributed by atoms with Crippen molar-refractivity contribution < 1.29 is 29.4 Å². The first-order valence-electron chi connectivity index (χ1n) is 12.6. The molecule has 37 heavy (non-hydrogen) atoms. The van der Waals surface area contributed by atoms with Gasteiger partial charge in [-0.1, -0.05) is 57.1 Å². The SMILES string of the molecule is O=CN(CCCCCCCCCCCNC(=O)c1ccccc1C(=O)O)c1ccc(=O)n(CC(=O)O)c1. The highest BCUT2D eigenvalue weighted by molar-refractivity contribution is 6.04. The van der Waals surface area contributed by atoms with Crippen LogP contribution in [0.25, 0.3) is 0 Å². The first kappa shape index (κ1) is 29.3. The number of carboxylic acid groups (broad SMARTS) is 2. The van der Waals surface area contributed by atoms with Crippen LogP contribution in [0, 0.1) is 0 Å². The molecule has 0 aliphatic carbocycles. The molecule has 0 aliphatic heterocycles. The average Bonchev–Trinajstić information content (AvgIpc) is 2.88. The molecule has 10 heteroatoms. The van der Waals surface area contributed by atoms with Crippen LogP contribution in [0.4, 0.5) is 5.69 Å². The number of unbranched alkanes of at least 4 members (excludes halogenated alkanes) is 8. The number of aliphatic carboxylic acids is 1. The van der Waals surface area contributed by atoms with Crippen LogP contribution in [0.5, 0.6) is 0 Å². The van der Waals surface area contributed by atoms with Gasteiger partial charge in [0.2, 0.25) is 6.41 Å². The molecule has 2 rings (SSSR count). The molecule has 0 saturated carbocycles. The van der Waals surface area contributed by atoms with Crippen LogP contribution in [-0.4, -0.2) is 52.1 Å². The summed E-state index contributed by atoms with van der Waals surface area (Å²) in [7, 11) is 0. The quantitative estimate of drug-likeness (QED) is 0.204. The molecule has 0 aliphatic rings. The largest absolute Gasteiger partial charge is 0.480 e. The second kappa shape index (κ2) is 15.9. The van der Waals surface area contributed by atoms with E-state index >= 15 is 0 Å². The van der Waals surface area contributed by atoms with Crippen LogP contribution in [0.1, 0.15) is 78.5 Å². The van der Waals surface area contributed by atoms with Crippen molar-refractivity contribution in [2.45, 2.75) is 64.3 Å². The Morgan fingerprint density at radius 2 is 1.43 bits per heavy atom. The van der Waals surface area contributed by atoms with Gasteiger partial charge in [0.1, 0.15) is 6.54 Å². The zero-order valence-electron chi connectivity index (χ0n) is 20.9. The third kappa shape index (κ3) is 10.3. The molecule has 1 aromatic heterocycles. The van der Waals surface area contributed by atoms with Crippen molar-refractivity contribution in [3.05, 3.63) is 64.1 Å². The maximum atomic E-state index is 12.2. The minimum absolute atomic E-state index is 0.000603. The van der Waals surface area contributed by atoms with E-state index in [-0.39, 0.29) is 17.0 Å². The zero-order chi connectivity index (χ0) is 27.0. The molecule has 0 bridgehead atoms. The van der Waals surface area contributed by atoms with Crippen LogP contribution in [0.15, 0.2) is 47.4 Å². The van der Waals surface area contributed by atoms with Gasteiger partial charge in [-0.25, -0.2) is 4.79 Å². The third-order valence-electron chi connectivity index (χ3n) is 6.00. The summed E-state index contributed by atoms with van der Waals surface area (Å²) in [4.78, 5) is 59.0. The van der Waals surface area contributed by atoms with Crippen LogP contribution >= 0.6 is 0 Å². The summed E-state index contributed by atoms with van der Waals surface area (Å²) < 4.78 is 1.07. The van der Waals surface area contributed by atoms with Gasteiger partial charge in [0.05, 0.1) is 16.8 Å². The molecule has 0 unspecified atom stereocenters. The molecule has 0 radical (unpaired) electrons. The van der Waals surface area contributed by atoms with Gasteiger partial charge in [-0.05, 0) is 31.0 Å². The second-order valence-corrected chi connectivity index (χ2v) is 8.83. The predicted octanol–water partition coefficient (Wildman–Crippen LogP) is 3.53. The number of amides is 2. The topological polar surface area (TPSA) is 146 Å². The number of hydrogen-bond donors (Lipinski definition) is 3. The number of anilines is 1. The number of pyridine rings is 1. The Bertz CT molecular complexity index is 1110. The van der Waals surface area contributed by atoms with E-state index in [1.54, 1.807) is 12.1 Å². The van der Waals surface area contributed by atoms with Gasteiger partial charge in [-0.15, -0.1) is 0 Å². The Kier molecular flexibility index (Phi) is 12.6. The van der Waals surface area contributed by atoms with Crippen molar-refractivity contribution in [2.24, 2.45) is 0 Å². The number of benzene rings is 1. The lowest BCUT2D eigenvalue weighted by Gasteiger charge is -2.18. The van der Waals surface area contributed by atoms with E-state index in [0.29, 0.717) is 25.2 Å². The summed E-state index contributed by atoms with van der Waals surface area (Å²) in [6.45, 7) is 0.556. The number of nitrogens with one attached hydrogen (secondary N) is 1. The molecule has 200 valence electrons. The van der Waals surface area contributed by atoms with Crippen LogP contribution in [-0.2, 0) is 16.1 Å². The standard InChI is InChI=1S/C27H35N3O7/c31-20-29(21-14-15-24(32)30(18-21)19-25(33)34)17-11-7-5-3-1-2-4-6-10-16-28-26(35)22-12-8-9-13-23(22)27(36)37/h8-9,12-15,18,20H,1-7,10-11,16-17,19H2,(H,28,35)(H,33,34)(H,36,37). The minimum atomic E-state index is -1.12. The van der Waals surface area contributed by atoms with Gasteiger partial charge < -0.3 is 25.0 Å². The number of hydrogen-bond acceptors (Lipinski definition) is 5. The molecule has 0 saturated heterocycles. The molecule has 0 atom stereocenters. The second-order valence-electron chi connectivity index (χ2n) is 8.83. The van der Waals surface area contributed by atoms with Gasteiger partial charge in [0.15, 0.2) is 0 Å². The Morgan fingerprint density at radius 3 is 2.03 bits per heavy atom. The highest BCUT2D eigenvalue weighted by Gasteiger charge is 2.15. The summed E-state index contributed by atoms with van der Waals surface area (Å²) in [5.41, 5.74) is 0.246. The number of aromatic carboxylic acids is 1. The average molecular weight is 514 g/mol. The number of carbonyl (C=O) groups is 4. The maximum Gasteiger partial charge on any atom is 0.336 e. The monoisotopic (exact) mass is 513 g/mol. The normalized spacial score (nSPS) is 10.6. The lowest BCUT2D eigenvalue weighted by Crippen LogP contribution is -2.27. The van der Waals surface area contributed by atoms with E-state index in [0.717, 1.165) is 62.4 Å². The van der Waals surface area contributed by atoms with Crippen LogP contribution in [0.3, 0.4) is 0 Å². The third-order valence-corrected chi connectivity index (χ3v) is 6.00. The molecule has 1 heterocycles. The maximum absolute atomic E-state index is 12.2. The molecule has 0 spiro atoms. The van der Waals surface area contributed by atoms with E-state index < -0.39 is 24.0 Å². The van der Waals surface area contributed by atoms with E-state index in [1.165, 1.54) is 35.4 Å². The number of aromatic nitrogens is 1. The van der Waals surface area contributed by atoms with Gasteiger partial charge in [0.25, 0.3) is 11.5 Å². The van der Waals surface area contributed by atoms with Crippen molar-refractivity contribution in [1.82, 2.24) is 9.88 Å². The molecule has 2 aromatic rings. The van der Waals surface area contributed by atoms with Crippen molar-refractivity contribution >= 4 is 29.9 Å². The Labute approximate surface area is 215 Å². The van der Waals surface area contributed by atoms with E-state index in [9.17, 15) is 29.1 Å². The molecular formula is C27H35N3O7. The number of nitrogens with zero attached hydrogens (tertiary/aromatic N) is 2. The van der Waals surface area contributed by atoms with Crippen LogP contribution < -0.4 is 15.8 Å². The lowest BCUT2D eigenvalue weighted by molar-refractivity contribution is -0.137. The van der Waals surface area contributed by atoms with Gasteiger partial charge in [-0.2, -0.15) is 0 Å². The summed E-state index contributed by atoms with van der Waals surface area (Å²) >= 11 is 0. The summed E-state index contributed by atoms with van der Waals surface area (Å²) in [5, 5.41) is 20.9. The highest BCUT2D eigenvalue weighted by Crippen LogP contribution is 2.14. The van der Waals surface area contributed by atoms with E-state index in [4.69, 9.17) is 5.11 Å². The van der Waals surface area contributed by atoms with Gasteiger partial charge in [0, 0.05) is 25.4 Å². The van der Waals surface area contributed by atoms with E-state index in [1.807, 2.05) is 0 Å². The first-order valence-corrected chi connectivity index (χ1v) is 12.6. The molecular weight excluding hydrogens is 478 g/mol. The number of carboxylic acids is 2.